The molecule has 4 rings (SSSR count). The van der Waals surface area contributed by atoms with Gasteiger partial charge in [0.2, 0.25) is 0 Å². The number of carbonyl (C=O) groups is 1. The Bertz CT molecular complexity index is 1230. The summed E-state index contributed by atoms with van der Waals surface area (Å²) in [6.45, 7) is 8.99. The molecule has 0 unspecified atom stereocenters. The molecule has 33 heavy (non-hydrogen) atoms. The van der Waals surface area contributed by atoms with Gasteiger partial charge in [-0.3, -0.25) is 9.69 Å². The van der Waals surface area contributed by atoms with E-state index in [4.69, 9.17) is 14.5 Å². The number of amides is 1. The van der Waals surface area contributed by atoms with Crippen molar-refractivity contribution in [3.05, 3.63) is 94.7 Å². The Morgan fingerprint density at radius 1 is 0.879 bits per heavy atom. The second kappa shape index (κ2) is 9.74. The maximum atomic E-state index is 13.6. The molecule has 1 amide bonds. The molecule has 0 bridgehead atoms. The number of carbonyl (C=O) groups excluding carboxylic acids is 1. The highest BCUT2D eigenvalue weighted by Crippen LogP contribution is 2.32. The number of hydrogen-bond donors (Lipinski definition) is 0. The third-order valence-electron chi connectivity index (χ3n) is 5.41. The Morgan fingerprint density at radius 3 is 2.27 bits per heavy atom. The number of anilines is 1. The number of hydrogen-bond acceptors (Lipinski definition) is 4. The summed E-state index contributed by atoms with van der Waals surface area (Å²) in [6, 6.07) is 21.5. The predicted molar refractivity (Wildman–Crippen MR) is 133 cm³/mol. The first-order valence-electron chi connectivity index (χ1n) is 11.2. The standard InChI is InChI=1S/C28H28N2O3/c1-5-32-25-16-13-21(18-26(25)33-6-2)17-24-28(31)30(22-14-11-19(3)12-15-22)27(29-24)23-10-8-7-9-20(23)4/h7-18H,5-6H2,1-4H3/b24-17+. The van der Waals surface area contributed by atoms with E-state index in [1.807, 2.05) is 94.4 Å². The van der Waals surface area contributed by atoms with E-state index in [1.165, 1.54) is 0 Å². The highest BCUT2D eigenvalue weighted by Gasteiger charge is 2.33. The summed E-state index contributed by atoms with van der Waals surface area (Å²) in [6.07, 6.45) is 1.80. The molecule has 1 aliphatic rings. The molecule has 1 heterocycles. The van der Waals surface area contributed by atoms with Gasteiger partial charge in [-0.05, 0) is 69.2 Å². The second-order valence-electron chi connectivity index (χ2n) is 7.83. The topological polar surface area (TPSA) is 51.1 Å². The van der Waals surface area contributed by atoms with Crippen molar-refractivity contribution in [1.29, 1.82) is 0 Å². The molecule has 0 aliphatic carbocycles. The van der Waals surface area contributed by atoms with Crippen molar-refractivity contribution >= 4 is 23.5 Å². The summed E-state index contributed by atoms with van der Waals surface area (Å²) in [4.78, 5) is 20.0. The first-order chi connectivity index (χ1) is 16.0. The maximum Gasteiger partial charge on any atom is 0.282 e. The summed E-state index contributed by atoms with van der Waals surface area (Å²) in [5.74, 6) is 1.80. The molecular weight excluding hydrogens is 412 g/mol. The number of aryl methyl sites for hydroxylation is 2. The monoisotopic (exact) mass is 440 g/mol. The van der Waals surface area contributed by atoms with Crippen molar-refractivity contribution in [3.8, 4) is 11.5 Å². The van der Waals surface area contributed by atoms with Gasteiger partial charge in [-0.1, -0.05) is 48.0 Å². The van der Waals surface area contributed by atoms with Crippen LogP contribution < -0.4 is 14.4 Å². The Labute approximate surface area is 195 Å². The van der Waals surface area contributed by atoms with Crippen LogP contribution in [0, 0.1) is 13.8 Å². The van der Waals surface area contributed by atoms with E-state index < -0.39 is 0 Å². The quantitative estimate of drug-likeness (QED) is 0.428. The van der Waals surface area contributed by atoms with E-state index in [1.54, 1.807) is 11.0 Å². The molecule has 0 fully saturated rings. The van der Waals surface area contributed by atoms with E-state index in [9.17, 15) is 4.79 Å². The molecule has 0 saturated carbocycles. The molecule has 168 valence electrons. The van der Waals surface area contributed by atoms with Gasteiger partial charge in [0, 0.05) is 5.56 Å². The number of rotatable bonds is 7. The first-order valence-corrected chi connectivity index (χ1v) is 11.2. The minimum absolute atomic E-state index is 0.163. The Balaban J connectivity index is 1.79. The minimum Gasteiger partial charge on any atom is -0.490 e. The minimum atomic E-state index is -0.163. The zero-order chi connectivity index (χ0) is 23.4. The van der Waals surface area contributed by atoms with Gasteiger partial charge in [-0.2, -0.15) is 0 Å². The summed E-state index contributed by atoms with van der Waals surface area (Å²) in [7, 11) is 0. The summed E-state index contributed by atoms with van der Waals surface area (Å²) in [5, 5.41) is 0. The smallest absolute Gasteiger partial charge is 0.282 e. The predicted octanol–water partition coefficient (Wildman–Crippen LogP) is 5.94. The van der Waals surface area contributed by atoms with E-state index in [0.717, 1.165) is 27.9 Å². The SMILES string of the molecule is CCOc1ccc(/C=C2/N=C(c3ccccc3C)N(c3ccc(C)cc3)C2=O)cc1OCC. The molecule has 0 N–H and O–H groups in total. The average Bonchev–Trinajstić information content (AvgIpc) is 3.12. The van der Waals surface area contributed by atoms with Crippen LogP contribution in [0.4, 0.5) is 5.69 Å². The van der Waals surface area contributed by atoms with Crippen LogP contribution in [-0.2, 0) is 4.79 Å². The third kappa shape index (κ3) is 4.67. The number of aliphatic imine (C=N–C) groups is 1. The number of amidine groups is 1. The van der Waals surface area contributed by atoms with E-state index in [2.05, 4.69) is 0 Å². The van der Waals surface area contributed by atoms with Gasteiger partial charge < -0.3 is 9.47 Å². The normalized spacial score (nSPS) is 14.5. The van der Waals surface area contributed by atoms with Crippen molar-refractivity contribution in [2.45, 2.75) is 27.7 Å². The maximum absolute atomic E-state index is 13.6. The van der Waals surface area contributed by atoms with Crippen molar-refractivity contribution in [1.82, 2.24) is 0 Å². The van der Waals surface area contributed by atoms with Gasteiger partial charge in [-0.25, -0.2) is 4.99 Å². The molecule has 5 nitrogen and oxygen atoms in total. The molecule has 0 saturated heterocycles. The largest absolute Gasteiger partial charge is 0.490 e. The van der Waals surface area contributed by atoms with Crippen LogP contribution in [0.2, 0.25) is 0 Å². The Morgan fingerprint density at radius 2 is 1.58 bits per heavy atom. The van der Waals surface area contributed by atoms with Crippen LogP contribution >= 0.6 is 0 Å². The number of nitrogens with zero attached hydrogens (tertiary/aromatic N) is 2. The van der Waals surface area contributed by atoms with Crippen LogP contribution in [-0.4, -0.2) is 25.0 Å². The van der Waals surface area contributed by atoms with Crippen molar-refractivity contribution in [2.75, 3.05) is 18.1 Å². The lowest BCUT2D eigenvalue weighted by Gasteiger charge is -2.19. The second-order valence-corrected chi connectivity index (χ2v) is 7.83. The van der Waals surface area contributed by atoms with Gasteiger partial charge in [0.15, 0.2) is 11.5 Å². The third-order valence-corrected chi connectivity index (χ3v) is 5.41. The molecule has 0 aromatic heterocycles. The summed E-state index contributed by atoms with van der Waals surface area (Å²) in [5.41, 5.74) is 5.11. The average molecular weight is 441 g/mol. The molecule has 1 aliphatic heterocycles. The molecule has 0 spiro atoms. The molecule has 5 heteroatoms. The molecular formula is C28H28N2O3. The van der Waals surface area contributed by atoms with Crippen LogP contribution in [0.5, 0.6) is 11.5 Å². The number of ether oxygens (including phenoxy) is 2. The summed E-state index contributed by atoms with van der Waals surface area (Å²) >= 11 is 0. The zero-order valence-electron chi connectivity index (χ0n) is 19.5. The fraction of sp³-hybridized carbons (Fsp3) is 0.214. The van der Waals surface area contributed by atoms with Gasteiger partial charge in [0.1, 0.15) is 11.5 Å². The lowest BCUT2D eigenvalue weighted by Crippen LogP contribution is -2.33. The van der Waals surface area contributed by atoms with Gasteiger partial charge in [0.05, 0.1) is 18.9 Å². The molecule has 0 atom stereocenters. The highest BCUT2D eigenvalue weighted by atomic mass is 16.5. The van der Waals surface area contributed by atoms with Crippen molar-refractivity contribution in [2.24, 2.45) is 4.99 Å². The van der Waals surface area contributed by atoms with Gasteiger partial charge in [-0.15, -0.1) is 0 Å². The summed E-state index contributed by atoms with van der Waals surface area (Å²) < 4.78 is 11.4. The molecule has 3 aromatic carbocycles. The van der Waals surface area contributed by atoms with E-state index >= 15 is 0 Å². The van der Waals surface area contributed by atoms with Crippen molar-refractivity contribution in [3.63, 3.8) is 0 Å². The van der Waals surface area contributed by atoms with Gasteiger partial charge >= 0.3 is 0 Å². The molecule has 0 radical (unpaired) electrons. The van der Waals surface area contributed by atoms with E-state index in [-0.39, 0.29) is 5.91 Å². The number of benzene rings is 3. The fourth-order valence-corrected chi connectivity index (χ4v) is 3.77. The highest BCUT2D eigenvalue weighted by molar-refractivity contribution is 6.33. The van der Waals surface area contributed by atoms with Crippen molar-refractivity contribution < 1.29 is 14.3 Å². The van der Waals surface area contributed by atoms with E-state index in [0.29, 0.717) is 36.2 Å². The first kappa shape index (κ1) is 22.3. The lowest BCUT2D eigenvalue weighted by molar-refractivity contribution is -0.113. The van der Waals surface area contributed by atoms with Crippen LogP contribution in [0.15, 0.2) is 77.4 Å². The Hall–Kier alpha value is -3.86. The van der Waals surface area contributed by atoms with Crippen LogP contribution in [0.1, 0.15) is 36.1 Å². The van der Waals surface area contributed by atoms with Gasteiger partial charge in [0.25, 0.3) is 5.91 Å². The lowest BCUT2D eigenvalue weighted by atomic mass is 10.1. The van der Waals surface area contributed by atoms with Crippen LogP contribution in [0.3, 0.4) is 0 Å². The molecule has 3 aromatic rings. The zero-order valence-corrected chi connectivity index (χ0v) is 19.5. The van der Waals surface area contributed by atoms with Crippen LogP contribution in [0.25, 0.3) is 6.08 Å². The fourth-order valence-electron chi connectivity index (χ4n) is 3.77. The Kier molecular flexibility index (Phi) is 6.59.